The Morgan fingerprint density at radius 2 is 1.52 bits per heavy atom. The van der Waals surface area contributed by atoms with E-state index in [1.807, 2.05) is 55.6 Å². The Morgan fingerprint density at radius 3 is 2.19 bits per heavy atom. The summed E-state index contributed by atoms with van der Waals surface area (Å²) in [6, 6.07) is 24.8. The molecule has 0 radical (unpaired) electrons. The largest absolute Gasteiger partial charge is 0.416 e. The number of piperidine rings is 1. The fraction of sp³-hybridized carbons (Fsp3) is 0.362. The van der Waals surface area contributed by atoms with E-state index in [-0.39, 0.29) is 5.91 Å². The summed E-state index contributed by atoms with van der Waals surface area (Å²) in [5.41, 5.74) is 5.64. The number of halogens is 6. The first-order valence-corrected chi connectivity index (χ1v) is 22.1. The van der Waals surface area contributed by atoms with Crippen LogP contribution in [0.4, 0.5) is 13.2 Å². The van der Waals surface area contributed by atoms with Crippen molar-refractivity contribution in [2.45, 2.75) is 64.1 Å². The van der Waals surface area contributed by atoms with E-state index < -0.39 is 17.3 Å². The van der Waals surface area contributed by atoms with E-state index in [0.29, 0.717) is 90.6 Å². The lowest BCUT2D eigenvalue weighted by atomic mass is 9.86. The van der Waals surface area contributed by atoms with Crippen LogP contribution in [0.25, 0.3) is 33.3 Å². The van der Waals surface area contributed by atoms with Gasteiger partial charge < -0.3 is 19.7 Å². The minimum absolute atomic E-state index is 0.0536. The van der Waals surface area contributed by atoms with Crippen LogP contribution in [-0.2, 0) is 37.1 Å². The molecule has 62 heavy (non-hydrogen) atoms. The van der Waals surface area contributed by atoms with Crippen LogP contribution >= 0.6 is 34.8 Å². The number of hydrogen-bond acceptors (Lipinski definition) is 7. The molecule has 4 heterocycles. The Balaban J connectivity index is 0.943. The van der Waals surface area contributed by atoms with E-state index in [4.69, 9.17) is 39.3 Å². The number of fused-ring (bicyclic) bond motifs is 1. The summed E-state index contributed by atoms with van der Waals surface area (Å²) >= 11 is 19.0. The molecule has 2 fully saturated rings. The minimum Gasteiger partial charge on any atom is -0.361 e. The van der Waals surface area contributed by atoms with Crippen LogP contribution in [0.15, 0.2) is 95.6 Å². The van der Waals surface area contributed by atoms with Gasteiger partial charge in [-0.15, -0.1) is 0 Å². The summed E-state index contributed by atoms with van der Waals surface area (Å²) in [7, 11) is 0. The van der Waals surface area contributed by atoms with Gasteiger partial charge in [-0.05, 0) is 98.9 Å². The molecule has 2 saturated heterocycles. The van der Waals surface area contributed by atoms with Crippen molar-refractivity contribution in [3.63, 3.8) is 0 Å². The topological polar surface area (TPSA) is 90.6 Å². The summed E-state index contributed by atoms with van der Waals surface area (Å²) in [6.07, 6.45) is -0.521. The van der Waals surface area contributed by atoms with Gasteiger partial charge in [-0.2, -0.15) is 13.2 Å². The van der Waals surface area contributed by atoms with E-state index >= 15 is 0 Å². The number of carbonyl (C=O) groups is 1. The molecule has 0 unspecified atom stereocenters. The van der Waals surface area contributed by atoms with Gasteiger partial charge in [-0.1, -0.05) is 76.4 Å². The fourth-order valence-corrected chi connectivity index (χ4v) is 9.26. The Morgan fingerprint density at radius 1 is 0.855 bits per heavy atom. The zero-order valence-corrected chi connectivity index (χ0v) is 36.7. The van der Waals surface area contributed by atoms with Crippen LogP contribution < -0.4 is 16.0 Å². The van der Waals surface area contributed by atoms with E-state index in [1.54, 1.807) is 12.1 Å². The molecule has 3 N–H and O–H groups in total. The third-order valence-corrected chi connectivity index (χ3v) is 13.2. The Hall–Kier alpha value is -4.40. The number of hydrogen-bond donors (Lipinski definition) is 3. The van der Waals surface area contributed by atoms with Crippen molar-refractivity contribution >= 4 is 51.6 Å². The van der Waals surface area contributed by atoms with Gasteiger partial charge in [0.15, 0.2) is 0 Å². The van der Waals surface area contributed by atoms with E-state index in [2.05, 4.69) is 53.7 Å². The Bertz CT molecular complexity index is 2470. The highest BCUT2D eigenvalue weighted by Gasteiger charge is 2.39. The van der Waals surface area contributed by atoms with Gasteiger partial charge in [0.05, 0.1) is 5.56 Å². The lowest BCUT2D eigenvalue weighted by molar-refractivity contribution is -0.137. The van der Waals surface area contributed by atoms with Gasteiger partial charge in [0, 0.05) is 113 Å². The molecule has 1 amide bonds. The highest BCUT2D eigenvalue weighted by molar-refractivity contribution is 6.36. The van der Waals surface area contributed by atoms with Crippen LogP contribution in [0.1, 0.15) is 47.3 Å². The number of aromatic nitrogens is 2. The number of amides is 1. The number of aryl methyl sites for hydroxylation is 2. The van der Waals surface area contributed by atoms with Gasteiger partial charge >= 0.3 is 6.18 Å². The molecule has 2 aliphatic heterocycles. The van der Waals surface area contributed by atoms with Crippen LogP contribution in [0, 0.1) is 6.92 Å². The van der Waals surface area contributed by atoms with Crippen molar-refractivity contribution in [1.82, 2.24) is 35.5 Å². The molecule has 15 heteroatoms. The number of nitrogens with zero attached hydrogens (tertiary/aromatic N) is 4. The van der Waals surface area contributed by atoms with Crippen molar-refractivity contribution < 1.29 is 22.5 Å². The average molecular weight is 907 g/mol. The molecule has 0 aliphatic carbocycles. The summed E-state index contributed by atoms with van der Waals surface area (Å²) < 4.78 is 48.3. The third-order valence-electron chi connectivity index (χ3n) is 12.2. The second-order valence-electron chi connectivity index (χ2n) is 16.3. The first-order chi connectivity index (χ1) is 29.9. The quantitative estimate of drug-likeness (QED) is 0.0939. The monoisotopic (exact) mass is 905 g/mol. The maximum absolute atomic E-state index is 14.0. The molecule has 0 saturated carbocycles. The SMILES string of the molecule is Cc1onc(-c2ccc(Cl)cc2)c1CNC1(C(=O)NCCCn2cc(-c3ccc(C(F)(F)F)cc3)c3cc(CN4CCN(Cc5c(Cl)cccc5Cl)CC4)ccc32)CCNCC1. The van der Waals surface area contributed by atoms with Crippen molar-refractivity contribution in [2.24, 2.45) is 0 Å². The zero-order valence-electron chi connectivity index (χ0n) is 34.4. The maximum atomic E-state index is 14.0. The maximum Gasteiger partial charge on any atom is 0.416 e. The lowest BCUT2D eigenvalue weighted by Gasteiger charge is -2.37. The van der Waals surface area contributed by atoms with Crippen molar-refractivity contribution in [1.29, 1.82) is 0 Å². The number of nitrogens with one attached hydrogen (secondary N) is 3. The van der Waals surface area contributed by atoms with E-state index in [0.717, 1.165) is 83.6 Å². The van der Waals surface area contributed by atoms with Gasteiger partial charge in [-0.25, -0.2) is 0 Å². The van der Waals surface area contributed by atoms with E-state index in [1.165, 1.54) is 0 Å². The number of rotatable bonds is 14. The molecule has 0 bridgehead atoms. The number of benzene rings is 4. The summed E-state index contributed by atoms with van der Waals surface area (Å²) in [5, 5.41) is 17.5. The van der Waals surface area contributed by atoms with Gasteiger partial charge in [0.2, 0.25) is 5.91 Å². The predicted molar refractivity (Wildman–Crippen MR) is 240 cm³/mol. The molecule has 0 atom stereocenters. The van der Waals surface area contributed by atoms with Crippen LogP contribution in [-0.4, -0.2) is 76.8 Å². The second kappa shape index (κ2) is 19.1. The highest BCUT2D eigenvalue weighted by atomic mass is 35.5. The third kappa shape index (κ3) is 10.0. The summed E-state index contributed by atoms with van der Waals surface area (Å²) in [5.74, 6) is 0.630. The molecule has 2 aromatic heterocycles. The molecular formula is C47H49Cl3F3N7O2. The molecule has 6 aromatic rings. The Labute approximate surface area is 374 Å². The summed E-state index contributed by atoms with van der Waals surface area (Å²) in [4.78, 5) is 18.8. The number of alkyl halides is 3. The van der Waals surface area contributed by atoms with Crippen LogP contribution in [0.3, 0.4) is 0 Å². The molecular weight excluding hydrogens is 858 g/mol. The smallest absolute Gasteiger partial charge is 0.361 e. The van der Waals surface area contributed by atoms with Gasteiger partial charge in [-0.3, -0.25) is 19.9 Å². The number of piperazine rings is 1. The molecule has 0 spiro atoms. The standard InChI is InChI=1S/C47H49Cl3F3N7O2/c1-31-38(44(57-62-31)34-9-13-36(48)14-10-34)27-56-46(16-19-54-20-17-46)45(61)55-18-3-21-60-30-39(33-7-11-35(12-8-33)47(51,52)53)37-26-32(6-15-43(37)60)28-58-22-24-59(25-23-58)29-40-41(49)4-2-5-42(40)50/h2,4-15,26,30,54,56H,3,16-25,27-29H2,1H3,(H,55,61). The average Bonchev–Trinajstić information content (AvgIpc) is 3.83. The Kier molecular flexibility index (Phi) is 13.7. The van der Waals surface area contributed by atoms with Crippen molar-refractivity contribution in [3.8, 4) is 22.4 Å². The lowest BCUT2D eigenvalue weighted by Crippen LogP contribution is -2.61. The van der Waals surface area contributed by atoms with Crippen LogP contribution in [0.2, 0.25) is 15.1 Å². The van der Waals surface area contributed by atoms with E-state index in [9.17, 15) is 18.0 Å². The van der Waals surface area contributed by atoms with Gasteiger partial charge in [0.1, 0.15) is 17.0 Å². The zero-order chi connectivity index (χ0) is 43.4. The fourth-order valence-electron chi connectivity index (χ4n) is 8.62. The van der Waals surface area contributed by atoms with Gasteiger partial charge in [0.25, 0.3) is 0 Å². The van der Waals surface area contributed by atoms with Crippen LogP contribution in [0.5, 0.6) is 0 Å². The molecule has 326 valence electrons. The van der Waals surface area contributed by atoms with Crippen molar-refractivity contribution in [2.75, 3.05) is 45.8 Å². The predicted octanol–water partition coefficient (Wildman–Crippen LogP) is 9.99. The minimum atomic E-state index is -4.42. The highest BCUT2D eigenvalue weighted by Crippen LogP contribution is 2.36. The summed E-state index contributed by atoms with van der Waals surface area (Å²) in [6.45, 7) is 9.63. The molecule has 2 aliphatic rings. The normalized spacial score (nSPS) is 16.2. The second-order valence-corrected chi connectivity index (χ2v) is 17.5. The van der Waals surface area contributed by atoms with Crippen molar-refractivity contribution in [3.05, 3.63) is 134 Å². The first-order valence-electron chi connectivity index (χ1n) is 21.0. The number of carbonyl (C=O) groups excluding carboxylic acids is 1. The molecule has 4 aromatic carbocycles. The molecule has 9 nitrogen and oxygen atoms in total. The molecule has 8 rings (SSSR count). The first kappa shape index (κ1) is 44.2.